The Bertz CT molecular complexity index is 616. The second kappa shape index (κ2) is 7.77. The Labute approximate surface area is 163 Å². The predicted molar refractivity (Wildman–Crippen MR) is 111 cm³/mol. The summed E-state index contributed by atoms with van der Waals surface area (Å²) in [6.45, 7) is 10.8. The van der Waals surface area contributed by atoms with Crippen LogP contribution in [0.2, 0.25) is 0 Å². The van der Waals surface area contributed by atoms with Crippen molar-refractivity contribution in [2.45, 2.75) is 82.5 Å². The van der Waals surface area contributed by atoms with Gasteiger partial charge in [-0.3, -0.25) is 0 Å². The molecule has 144 valence electrons. The monoisotopic (exact) mass is 376 g/mol. The molecule has 0 N–H and O–H groups in total. The highest BCUT2D eigenvalue weighted by molar-refractivity contribution is 7.99. The van der Waals surface area contributed by atoms with Gasteiger partial charge in [0.15, 0.2) is 0 Å². The number of rotatable bonds is 5. The van der Waals surface area contributed by atoms with E-state index >= 15 is 0 Å². The molecule has 0 amide bonds. The van der Waals surface area contributed by atoms with Gasteiger partial charge in [0.2, 0.25) is 0 Å². The minimum Gasteiger partial charge on any atom is -0.496 e. The highest BCUT2D eigenvalue weighted by atomic mass is 32.2. The van der Waals surface area contributed by atoms with Gasteiger partial charge in [0.05, 0.1) is 18.3 Å². The zero-order chi connectivity index (χ0) is 18.9. The Hall–Kier alpha value is -0.645. The van der Waals surface area contributed by atoms with Crippen molar-refractivity contribution in [1.82, 2.24) is 0 Å². The summed E-state index contributed by atoms with van der Waals surface area (Å²) >= 11 is 2.07. The molecule has 2 fully saturated rings. The summed E-state index contributed by atoms with van der Waals surface area (Å²) < 4.78 is 18.0. The number of ether oxygens (including phenoxy) is 1. The lowest BCUT2D eigenvalue weighted by atomic mass is 9.78. The third-order valence-corrected chi connectivity index (χ3v) is 7.57. The Balaban J connectivity index is 1.73. The summed E-state index contributed by atoms with van der Waals surface area (Å²) in [6, 6.07) is 6.33. The summed E-state index contributed by atoms with van der Waals surface area (Å²) in [5, 5.41) is 0.768. The summed E-state index contributed by atoms with van der Waals surface area (Å²) in [7, 11) is 1.44. The van der Waals surface area contributed by atoms with Gasteiger partial charge in [-0.2, -0.15) is 11.8 Å². The molecule has 3 nitrogen and oxygen atoms in total. The summed E-state index contributed by atoms with van der Waals surface area (Å²) in [5.74, 6) is 2.80. The van der Waals surface area contributed by atoms with Crippen molar-refractivity contribution >= 4 is 24.3 Å². The first-order valence-corrected chi connectivity index (χ1v) is 10.9. The maximum absolute atomic E-state index is 6.22. The highest BCUT2D eigenvalue weighted by Crippen LogP contribution is 2.38. The normalized spacial score (nSPS) is 27.5. The third kappa shape index (κ3) is 4.26. The van der Waals surface area contributed by atoms with Gasteiger partial charge in [0, 0.05) is 16.6 Å². The summed E-state index contributed by atoms with van der Waals surface area (Å²) in [6.07, 6.45) is 5.43. The molecule has 1 heterocycles. The van der Waals surface area contributed by atoms with Crippen LogP contribution in [0.1, 0.15) is 65.9 Å². The molecule has 0 aromatic heterocycles. The van der Waals surface area contributed by atoms with E-state index in [9.17, 15) is 0 Å². The lowest BCUT2D eigenvalue weighted by molar-refractivity contribution is 0.00578. The maximum atomic E-state index is 6.22. The molecule has 1 aliphatic heterocycles. The largest absolute Gasteiger partial charge is 0.496 e. The lowest BCUT2D eigenvalue weighted by Gasteiger charge is -2.32. The molecule has 26 heavy (non-hydrogen) atoms. The van der Waals surface area contributed by atoms with Gasteiger partial charge in [-0.25, -0.2) is 0 Å². The molecule has 2 unspecified atom stereocenters. The van der Waals surface area contributed by atoms with Crippen LogP contribution in [0, 0.1) is 5.92 Å². The van der Waals surface area contributed by atoms with Gasteiger partial charge in [0.1, 0.15) is 5.75 Å². The molecular formula is C21H33BO3S. The average molecular weight is 376 g/mol. The minimum absolute atomic E-state index is 0.315. The SMILES string of the molecule is COc1ccc(B2OC(C)(C)C(C)(C)O2)cc1CSC1CCCC(C)C1. The van der Waals surface area contributed by atoms with Crippen molar-refractivity contribution < 1.29 is 14.0 Å². The van der Waals surface area contributed by atoms with Crippen LogP contribution in [0.25, 0.3) is 0 Å². The molecule has 2 atom stereocenters. The topological polar surface area (TPSA) is 27.7 Å². The summed E-state index contributed by atoms with van der Waals surface area (Å²) in [5.41, 5.74) is 1.69. The van der Waals surface area contributed by atoms with Crippen LogP contribution in [0.4, 0.5) is 0 Å². The average Bonchev–Trinajstić information content (AvgIpc) is 2.80. The van der Waals surface area contributed by atoms with Crippen molar-refractivity contribution in [3.8, 4) is 5.75 Å². The summed E-state index contributed by atoms with van der Waals surface area (Å²) in [4.78, 5) is 0. The maximum Gasteiger partial charge on any atom is 0.494 e. The Kier molecular flexibility index (Phi) is 6.00. The molecule has 2 aliphatic rings. The van der Waals surface area contributed by atoms with Gasteiger partial charge < -0.3 is 14.0 Å². The van der Waals surface area contributed by atoms with E-state index in [1.807, 2.05) is 0 Å². The van der Waals surface area contributed by atoms with Crippen LogP contribution in [0.5, 0.6) is 5.75 Å². The number of benzene rings is 1. The third-order valence-electron chi connectivity index (χ3n) is 6.19. The van der Waals surface area contributed by atoms with Crippen LogP contribution in [0.3, 0.4) is 0 Å². The van der Waals surface area contributed by atoms with Crippen LogP contribution in [0.15, 0.2) is 18.2 Å². The molecule has 0 radical (unpaired) electrons. The number of thioether (sulfide) groups is 1. The first-order valence-electron chi connectivity index (χ1n) is 9.86. The quantitative estimate of drug-likeness (QED) is 0.690. The zero-order valence-corrected chi connectivity index (χ0v) is 17.9. The number of hydrogen-bond donors (Lipinski definition) is 0. The van der Waals surface area contributed by atoms with Crippen LogP contribution < -0.4 is 10.2 Å². The van der Waals surface area contributed by atoms with Crippen molar-refractivity contribution in [3.63, 3.8) is 0 Å². The van der Waals surface area contributed by atoms with Crippen molar-refractivity contribution in [3.05, 3.63) is 23.8 Å². The predicted octanol–water partition coefficient (Wildman–Crippen LogP) is 4.81. The van der Waals surface area contributed by atoms with E-state index in [-0.39, 0.29) is 18.3 Å². The van der Waals surface area contributed by atoms with Crippen LogP contribution >= 0.6 is 11.8 Å². The lowest BCUT2D eigenvalue weighted by Crippen LogP contribution is -2.41. The van der Waals surface area contributed by atoms with Gasteiger partial charge in [-0.1, -0.05) is 31.9 Å². The number of methoxy groups -OCH3 is 1. The molecule has 1 aromatic rings. The van der Waals surface area contributed by atoms with Crippen molar-refractivity contribution in [2.75, 3.05) is 7.11 Å². The van der Waals surface area contributed by atoms with Gasteiger partial charge >= 0.3 is 7.12 Å². The van der Waals surface area contributed by atoms with E-state index < -0.39 is 0 Å². The molecular weight excluding hydrogens is 343 g/mol. The molecule has 1 saturated carbocycles. The highest BCUT2D eigenvalue weighted by Gasteiger charge is 2.51. The van der Waals surface area contributed by atoms with E-state index in [1.54, 1.807) is 7.11 Å². The fourth-order valence-corrected chi connectivity index (χ4v) is 5.21. The van der Waals surface area contributed by atoms with Gasteiger partial charge in [-0.05, 0) is 58.0 Å². The smallest absolute Gasteiger partial charge is 0.494 e. The molecule has 3 rings (SSSR count). The van der Waals surface area contributed by atoms with Gasteiger partial charge in [-0.15, -0.1) is 0 Å². The van der Waals surface area contributed by atoms with E-state index in [2.05, 4.69) is 64.6 Å². The Morgan fingerprint density at radius 3 is 2.46 bits per heavy atom. The Morgan fingerprint density at radius 1 is 1.15 bits per heavy atom. The zero-order valence-electron chi connectivity index (χ0n) is 17.1. The fourth-order valence-electron chi connectivity index (χ4n) is 3.77. The minimum atomic E-state index is -0.315. The van der Waals surface area contributed by atoms with E-state index in [4.69, 9.17) is 14.0 Å². The van der Waals surface area contributed by atoms with Crippen molar-refractivity contribution in [2.24, 2.45) is 5.92 Å². The molecule has 1 aromatic carbocycles. The number of hydrogen-bond acceptors (Lipinski definition) is 4. The standard InChI is InChI=1S/C21H33BO3S/c1-15-8-7-9-18(12-15)26-14-16-13-17(10-11-19(16)23-6)22-24-20(2,3)21(4,5)25-22/h10-11,13,15,18H,7-9,12,14H2,1-6H3. The second-order valence-corrected chi connectivity index (χ2v) is 10.2. The second-order valence-electron chi connectivity index (χ2n) is 8.86. The molecule has 0 bridgehead atoms. The molecule has 5 heteroatoms. The van der Waals surface area contributed by atoms with E-state index in [0.717, 1.165) is 28.1 Å². The molecule has 1 saturated heterocycles. The molecule has 0 spiro atoms. The molecule has 1 aliphatic carbocycles. The van der Waals surface area contributed by atoms with Gasteiger partial charge in [0.25, 0.3) is 0 Å². The Morgan fingerprint density at radius 2 is 1.85 bits per heavy atom. The van der Waals surface area contributed by atoms with Crippen LogP contribution in [-0.4, -0.2) is 30.7 Å². The van der Waals surface area contributed by atoms with E-state index in [1.165, 1.54) is 31.2 Å². The fraction of sp³-hybridized carbons (Fsp3) is 0.714. The van der Waals surface area contributed by atoms with Crippen molar-refractivity contribution in [1.29, 1.82) is 0 Å². The van der Waals surface area contributed by atoms with Crippen LogP contribution in [-0.2, 0) is 15.1 Å². The first-order chi connectivity index (χ1) is 12.2. The first kappa shape index (κ1) is 20.1. The van der Waals surface area contributed by atoms with E-state index in [0.29, 0.717) is 0 Å².